The average molecular weight is 232 g/mol. The molecular weight excluding hydrogens is 216 g/mol. The van der Waals surface area contributed by atoms with Crippen LogP contribution in [0.3, 0.4) is 0 Å². The fourth-order valence-electron chi connectivity index (χ4n) is 1.90. The number of nitriles is 1. The summed E-state index contributed by atoms with van der Waals surface area (Å²) in [5, 5.41) is 10.0. The van der Waals surface area contributed by atoms with Crippen LogP contribution in [-0.2, 0) is 12.8 Å². The molecular formula is C13H16N2S. The van der Waals surface area contributed by atoms with Crippen molar-refractivity contribution in [3.05, 3.63) is 22.9 Å². The number of aryl methyl sites for hydroxylation is 2. The number of nitrogens with zero attached hydrogens (tertiary/aromatic N) is 2. The topological polar surface area (TPSA) is 36.7 Å². The lowest BCUT2D eigenvalue weighted by molar-refractivity contribution is 0.797. The van der Waals surface area contributed by atoms with E-state index in [2.05, 4.69) is 31.8 Å². The van der Waals surface area contributed by atoms with E-state index >= 15 is 0 Å². The van der Waals surface area contributed by atoms with Crippen LogP contribution in [0, 0.1) is 11.3 Å². The van der Waals surface area contributed by atoms with Crippen LogP contribution < -0.4 is 0 Å². The molecule has 0 radical (unpaired) electrons. The summed E-state index contributed by atoms with van der Waals surface area (Å²) in [5.74, 6) is 0. The van der Waals surface area contributed by atoms with Crippen molar-refractivity contribution >= 4 is 11.8 Å². The maximum Gasteiger partial charge on any atom is 0.115 e. The van der Waals surface area contributed by atoms with Crippen LogP contribution in [0.2, 0.25) is 0 Å². The van der Waals surface area contributed by atoms with Gasteiger partial charge in [-0.05, 0) is 30.9 Å². The van der Waals surface area contributed by atoms with Gasteiger partial charge in [-0.25, -0.2) is 4.98 Å². The molecule has 2 rings (SSSR count). The van der Waals surface area contributed by atoms with Gasteiger partial charge in [0.1, 0.15) is 11.1 Å². The first-order valence-electron chi connectivity index (χ1n) is 5.61. The van der Waals surface area contributed by atoms with E-state index in [1.165, 1.54) is 17.7 Å². The molecule has 0 bridgehead atoms. The number of pyridine rings is 1. The summed E-state index contributed by atoms with van der Waals surface area (Å²) in [6.45, 7) is 6.44. The lowest BCUT2D eigenvalue weighted by Gasteiger charge is -2.18. The van der Waals surface area contributed by atoms with E-state index in [-0.39, 0.29) is 4.75 Å². The first kappa shape index (κ1) is 11.5. The molecule has 0 aromatic carbocycles. The van der Waals surface area contributed by atoms with Crippen molar-refractivity contribution in [2.45, 2.75) is 49.8 Å². The molecule has 0 amide bonds. The number of fused-ring (bicyclic) bond motifs is 1. The summed E-state index contributed by atoms with van der Waals surface area (Å²) in [5.41, 5.74) is 3.21. The van der Waals surface area contributed by atoms with Gasteiger partial charge in [-0.1, -0.05) is 32.5 Å². The van der Waals surface area contributed by atoms with Gasteiger partial charge in [-0.15, -0.1) is 0 Å². The van der Waals surface area contributed by atoms with E-state index in [4.69, 9.17) is 5.26 Å². The Labute approximate surface area is 101 Å². The normalized spacial score (nSPS) is 14.6. The molecule has 0 saturated carbocycles. The largest absolute Gasteiger partial charge is 0.245 e. The summed E-state index contributed by atoms with van der Waals surface area (Å²) in [7, 11) is 0. The maximum absolute atomic E-state index is 9.14. The molecule has 1 aromatic heterocycles. The molecule has 16 heavy (non-hydrogen) atoms. The fraction of sp³-hybridized carbons (Fsp3) is 0.538. The Balaban J connectivity index is 2.41. The second-order valence-electron chi connectivity index (χ2n) is 5.13. The van der Waals surface area contributed by atoms with Crippen molar-refractivity contribution in [3.8, 4) is 6.07 Å². The third kappa shape index (κ3) is 2.38. The number of hydrogen-bond donors (Lipinski definition) is 0. The van der Waals surface area contributed by atoms with Crippen LogP contribution in [0.25, 0.3) is 0 Å². The van der Waals surface area contributed by atoms with Crippen molar-refractivity contribution in [1.29, 1.82) is 5.26 Å². The van der Waals surface area contributed by atoms with Crippen molar-refractivity contribution in [1.82, 2.24) is 4.98 Å². The Hall–Kier alpha value is -1.01. The zero-order chi connectivity index (χ0) is 11.8. The van der Waals surface area contributed by atoms with Crippen LogP contribution in [-0.4, -0.2) is 9.73 Å². The predicted molar refractivity (Wildman–Crippen MR) is 66.6 cm³/mol. The summed E-state index contributed by atoms with van der Waals surface area (Å²) in [6.07, 6.45) is 3.33. The Morgan fingerprint density at radius 2 is 2.12 bits per heavy atom. The second kappa shape index (κ2) is 4.10. The molecule has 0 N–H and O–H groups in total. The van der Waals surface area contributed by atoms with Gasteiger partial charge in [-0.2, -0.15) is 5.26 Å². The highest BCUT2D eigenvalue weighted by Crippen LogP contribution is 2.34. The average Bonchev–Trinajstić information content (AvgIpc) is 2.60. The number of thioether (sulfide) groups is 1. The van der Waals surface area contributed by atoms with Gasteiger partial charge in [0.25, 0.3) is 0 Å². The number of hydrogen-bond acceptors (Lipinski definition) is 3. The highest BCUT2D eigenvalue weighted by atomic mass is 32.2. The molecule has 1 heterocycles. The van der Waals surface area contributed by atoms with Crippen molar-refractivity contribution in [2.75, 3.05) is 0 Å². The molecule has 1 aliphatic carbocycles. The number of rotatable bonds is 1. The zero-order valence-electron chi connectivity index (χ0n) is 10.0. The lowest BCUT2D eigenvalue weighted by Crippen LogP contribution is -2.09. The van der Waals surface area contributed by atoms with E-state index in [0.717, 1.165) is 23.4 Å². The van der Waals surface area contributed by atoms with Gasteiger partial charge in [0.2, 0.25) is 0 Å². The van der Waals surface area contributed by atoms with E-state index in [0.29, 0.717) is 0 Å². The van der Waals surface area contributed by atoms with Crippen LogP contribution in [0.4, 0.5) is 0 Å². The highest BCUT2D eigenvalue weighted by Gasteiger charge is 2.20. The minimum absolute atomic E-state index is 0.103. The monoisotopic (exact) mass is 232 g/mol. The Morgan fingerprint density at radius 3 is 2.75 bits per heavy atom. The molecule has 0 spiro atoms. The minimum Gasteiger partial charge on any atom is -0.245 e. The van der Waals surface area contributed by atoms with E-state index < -0.39 is 0 Å². The molecule has 0 fully saturated rings. The molecule has 1 aliphatic rings. The molecule has 0 atom stereocenters. The fourth-order valence-corrected chi connectivity index (χ4v) is 2.85. The Morgan fingerprint density at radius 1 is 1.38 bits per heavy atom. The van der Waals surface area contributed by atoms with E-state index in [9.17, 15) is 0 Å². The lowest BCUT2D eigenvalue weighted by atomic mass is 10.2. The SMILES string of the molecule is CC(C)(C)Sc1nc2c(cc1C#N)CCC2. The van der Waals surface area contributed by atoms with Gasteiger partial charge in [0.05, 0.1) is 5.56 Å². The standard InChI is InChI=1S/C13H16N2S/c1-13(2,3)16-12-10(8-14)7-9-5-4-6-11(9)15-12/h7H,4-6H2,1-3H3. The molecule has 84 valence electrons. The smallest absolute Gasteiger partial charge is 0.115 e. The third-order valence-corrected chi connectivity index (χ3v) is 3.66. The van der Waals surface area contributed by atoms with E-state index in [1.54, 1.807) is 11.8 Å². The first-order valence-corrected chi connectivity index (χ1v) is 6.43. The van der Waals surface area contributed by atoms with Gasteiger partial charge >= 0.3 is 0 Å². The van der Waals surface area contributed by atoms with Crippen molar-refractivity contribution in [3.63, 3.8) is 0 Å². The quantitative estimate of drug-likeness (QED) is 0.697. The first-order chi connectivity index (χ1) is 7.49. The van der Waals surface area contributed by atoms with Crippen LogP contribution in [0.1, 0.15) is 44.0 Å². The van der Waals surface area contributed by atoms with E-state index in [1.807, 2.05) is 6.07 Å². The van der Waals surface area contributed by atoms with Crippen molar-refractivity contribution < 1.29 is 0 Å². The zero-order valence-corrected chi connectivity index (χ0v) is 10.8. The summed E-state index contributed by atoms with van der Waals surface area (Å²) in [4.78, 5) is 4.65. The highest BCUT2D eigenvalue weighted by molar-refractivity contribution is 8.00. The molecule has 1 aromatic rings. The van der Waals surface area contributed by atoms with Gasteiger partial charge in [-0.3, -0.25) is 0 Å². The van der Waals surface area contributed by atoms with Crippen LogP contribution in [0.5, 0.6) is 0 Å². The molecule has 3 heteroatoms. The Bertz CT molecular complexity index is 452. The Kier molecular flexibility index (Phi) is 2.94. The van der Waals surface area contributed by atoms with Crippen molar-refractivity contribution in [2.24, 2.45) is 0 Å². The predicted octanol–water partition coefficient (Wildman–Crippen LogP) is 3.33. The number of aromatic nitrogens is 1. The van der Waals surface area contributed by atoms with Crippen LogP contribution in [0.15, 0.2) is 11.1 Å². The molecule has 0 aliphatic heterocycles. The van der Waals surface area contributed by atoms with Gasteiger partial charge in [0.15, 0.2) is 0 Å². The molecule has 0 saturated heterocycles. The summed E-state index contributed by atoms with van der Waals surface area (Å²) in [6, 6.07) is 4.30. The second-order valence-corrected chi connectivity index (χ2v) is 6.94. The maximum atomic E-state index is 9.14. The van der Waals surface area contributed by atoms with Gasteiger partial charge < -0.3 is 0 Å². The third-order valence-electron chi connectivity index (χ3n) is 2.54. The summed E-state index contributed by atoms with van der Waals surface area (Å²) >= 11 is 1.68. The minimum atomic E-state index is 0.103. The van der Waals surface area contributed by atoms with Gasteiger partial charge in [0, 0.05) is 10.4 Å². The molecule has 0 unspecified atom stereocenters. The van der Waals surface area contributed by atoms with Crippen LogP contribution >= 0.6 is 11.8 Å². The molecule has 2 nitrogen and oxygen atoms in total. The summed E-state index contributed by atoms with van der Waals surface area (Å²) < 4.78 is 0.103.